The molecule has 6 nitrogen and oxygen atoms in total. The first-order valence-electron chi connectivity index (χ1n) is 11.1. The SMILES string of the molecule is CC(NC(=O)CN1C(=O)NC2(CCCCCC2)C1=O)c1ccc(-c2ccccc2)cc1. The summed E-state index contributed by atoms with van der Waals surface area (Å²) in [6.07, 6.45) is 5.29. The largest absolute Gasteiger partial charge is 0.348 e. The number of imide groups is 1. The van der Waals surface area contributed by atoms with E-state index in [1.165, 1.54) is 0 Å². The lowest BCUT2D eigenvalue weighted by atomic mass is 9.90. The fourth-order valence-electron chi connectivity index (χ4n) is 4.60. The minimum atomic E-state index is -0.813. The molecule has 0 radical (unpaired) electrons. The van der Waals surface area contributed by atoms with Crippen LogP contribution in [0.15, 0.2) is 54.6 Å². The molecule has 1 spiro atoms. The summed E-state index contributed by atoms with van der Waals surface area (Å²) >= 11 is 0. The summed E-state index contributed by atoms with van der Waals surface area (Å²) in [5.74, 6) is -0.594. The van der Waals surface area contributed by atoms with Crippen molar-refractivity contribution in [3.63, 3.8) is 0 Å². The maximum absolute atomic E-state index is 13.0. The molecule has 4 amide bonds. The zero-order valence-corrected chi connectivity index (χ0v) is 17.9. The average Bonchev–Trinajstić information content (AvgIpc) is 2.94. The molecule has 31 heavy (non-hydrogen) atoms. The van der Waals surface area contributed by atoms with E-state index >= 15 is 0 Å². The zero-order valence-electron chi connectivity index (χ0n) is 17.9. The first-order valence-corrected chi connectivity index (χ1v) is 11.1. The molecule has 2 N–H and O–H groups in total. The van der Waals surface area contributed by atoms with Gasteiger partial charge in [0.1, 0.15) is 12.1 Å². The predicted octanol–water partition coefficient (Wildman–Crippen LogP) is 4.18. The van der Waals surface area contributed by atoms with Gasteiger partial charge in [0.15, 0.2) is 0 Å². The van der Waals surface area contributed by atoms with Crippen LogP contribution in [0.2, 0.25) is 0 Å². The van der Waals surface area contributed by atoms with Crippen LogP contribution in [0.3, 0.4) is 0 Å². The number of carbonyl (C=O) groups excluding carboxylic acids is 3. The number of nitrogens with one attached hydrogen (secondary N) is 2. The van der Waals surface area contributed by atoms with Gasteiger partial charge >= 0.3 is 6.03 Å². The third kappa shape index (κ3) is 4.48. The van der Waals surface area contributed by atoms with Crippen molar-refractivity contribution < 1.29 is 14.4 Å². The van der Waals surface area contributed by atoms with Gasteiger partial charge in [0.05, 0.1) is 6.04 Å². The highest BCUT2D eigenvalue weighted by Crippen LogP contribution is 2.32. The van der Waals surface area contributed by atoms with Gasteiger partial charge in [-0.1, -0.05) is 80.3 Å². The summed E-state index contributed by atoms with van der Waals surface area (Å²) in [7, 11) is 0. The van der Waals surface area contributed by atoms with Crippen LogP contribution in [0.4, 0.5) is 4.79 Å². The van der Waals surface area contributed by atoms with Gasteiger partial charge in [0.25, 0.3) is 5.91 Å². The van der Waals surface area contributed by atoms with E-state index in [1.54, 1.807) is 0 Å². The third-order valence-electron chi connectivity index (χ3n) is 6.40. The van der Waals surface area contributed by atoms with Gasteiger partial charge in [-0.25, -0.2) is 4.79 Å². The van der Waals surface area contributed by atoms with E-state index in [0.717, 1.165) is 47.3 Å². The summed E-state index contributed by atoms with van der Waals surface area (Å²) in [4.78, 5) is 39.1. The smallest absolute Gasteiger partial charge is 0.325 e. The van der Waals surface area contributed by atoms with Crippen molar-refractivity contribution in [3.8, 4) is 11.1 Å². The molecule has 1 unspecified atom stereocenters. The maximum atomic E-state index is 13.0. The summed E-state index contributed by atoms with van der Waals surface area (Å²) in [6.45, 7) is 1.65. The number of hydrogen-bond donors (Lipinski definition) is 2. The van der Waals surface area contributed by atoms with Gasteiger partial charge in [-0.3, -0.25) is 14.5 Å². The molecule has 1 heterocycles. The van der Waals surface area contributed by atoms with Crippen LogP contribution < -0.4 is 10.6 Å². The summed E-state index contributed by atoms with van der Waals surface area (Å²) in [6, 6.07) is 17.4. The first kappa shape index (κ1) is 21.1. The monoisotopic (exact) mass is 419 g/mol. The molecule has 1 saturated heterocycles. The zero-order chi connectivity index (χ0) is 21.8. The lowest BCUT2D eigenvalue weighted by Crippen LogP contribution is -2.47. The van der Waals surface area contributed by atoms with Gasteiger partial charge in [0.2, 0.25) is 5.91 Å². The van der Waals surface area contributed by atoms with E-state index < -0.39 is 11.6 Å². The third-order valence-corrected chi connectivity index (χ3v) is 6.40. The van der Waals surface area contributed by atoms with Crippen molar-refractivity contribution in [3.05, 3.63) is 60.2 Å². The van der Waals surface area contributed by atoms with Crippen LogP contribution in [0.5, 0.6) is 0 Å². The van der Waals surface area contributed by atoms with Crippen LogP contribution >= 0.6 is 0 Å². The fourth-order valence-corrected chi connectivity index (χ4v) is 4.60. The highest BCUT2D eigenvalue weighted by atomic mass is 16.2. The van der Waals surface area contributed by atoms with Crippen LogP contribution in [0, 0.1) is 0 Å². The molecule has 6 heteroatoms. The van der Waals surface area contributed by atoms with E-state index in [1.807, 2.05) is 49.4 Å². The van der Waals surface area contributed by atoms with Crippen molar-refractivity contribution >= 4 is 17.8 Å². The lowest BCUT2D eigenvalue weighted by Gasteiger charge is -2.24. The molecule has 1 aliphatic heterocycles. The summed E-state index contributed by atoms with van der Waals surface area (Å²) in [5, 5.41) is 5.79. The Morgan fingerprint density at radius 3 is 2.23 bits per heavy atom. The minimum absolute atomic E-state index is 0.232. The van der Waals surface area contributed by atoms with Gasteiger partial charge in [-0.2, -0.15) is 0 Å². The molecule has 2 aromatic carbocycles. The molecule has 2 aliphatic rings. The van der Waals surface area contributed by atoms with Gasteiger partial charge in [0, 0.05) is 0 Å². The molecule has 4 rings (SSSR count). The Hall–Kier alpha value is -3.15. The number of nitrogens with zero attached hydrogens (tertiary/aromatic N) is 1. The van der Waals surface area contributed by atoms with Crippen LogP contribution in [0.1, 0.15) is 57.1 Å². The van der Waals surface area contributed by atoms with Crippen LogP contribution in [-0.2, 0) is 9.59 Å². The highest BCUT2D eigenvalue weighted by Gasteiger charge is 2.51. The molecule has 1 saturated carbocycles. The first-order chi connectivity index (χ1) is 15.0. The number of urea groups is 1. The maximum Gasteiger partial charge on any atom is 0.325 e. The van der Waals surface area contributed by atoms with E-state index in [0.29, 0.717) is 12.8 Å². The Kier molecular flexibility index (Phi) is 6.07. The Morgan fingerprint density at radius 2 is 1.58 bits per heavy atom. The van der Waals surface area contributed by atoms with Crippen molar-refractivity contribution in [2.45, 2.75) is 57.0 Å². The second kappa shape index (κ2) is 8.92. The number of amides is 4. The Bertz CT molecular complexity index is 948. The van der Waals surface area contributed by atoms with Crippen molar-refractivity contribution in [1.29, 1.82) is 0 Å². The number of carbonyl (C=O) groups is 3. The summed E-state index contributed by atoms with van der Waals surface area (Å²) < 4.78 is 0. The van der Waals surface area contributed by atoms with Crippen LogP contribution in [0.25, 0.3) is 11.1 Å². The quantitative estimate of drug-likeness (QED) is 0.714. The number of rotatable bonds is 5. The minimum Gasteiger partial charge on any atom is -0.348 e. The van der Waals surface area contributed by atoms with E-state index in [-0.39, 0.29) is 24.4 Å². The standard InChI is InChI=1S/C25H29N3O3/c1-18(19-11-13-21(14-12-19)20-9-5-4-6-10-20)26-22(29)17-28-23(30)25(27-24(28)31)15-7-2-3-8-16-25/h4-6,9-14,18H,2-3,7-8,15-17H2,1H3,(H,26,29)(H,27,31). The molecule has 1 atom stereocenters. The normalized spacial score (nSPS) is 19.1. The topological polar surface area (TPSA) is 78.5 Å². The van der Waals surface area contributed by atoms with Gasteiger partial charge in [-0.05, 0) is 36.5 Å². The second-order valence-corrected chi connectivity index (χ2v) is 8.60. The molecule has 2 fully saturated rings. The molecule has 0 aromatic heterocycles. The summed E-state index contributed by atoms with van der Waals surface area (Å²) in [5.41, 5.74) is 2.39. The van der Waals surface area contributed by atoms with Gasteiger partial charge in [-0.15, -0.1) is 0 Å². The molecular formula is C25H29N3O3. The van der Waals surface area contributed by atoms with Crippen molar-refractivity contribution in [2.75, 3.05) is 6.54 Å². The van der Waals surface area contributed by atoms with Crippen molar-refractivity contribution in [1.82, 2.24) is 15.5 Å². The number of benzene rings is 2. The fraction of sp³-hybridized carbons (Fsp3) is 0.400. The average molecular weight is 420 g/mol. The van der Waals surface area contributed by atoms with Gasteiger partial charge < -0.3 is 10.6 Å². The van der Waals surface area contributed by atoms with E-state index in [4.69, 9.17) is 0 Å². The van der Waals surface area contributed by atoms with E-state index in [9.17, 15) is 14.4 Å². The molecule has 1 aliphatic carbocycles. The molecule has 2 aromatic rings. The Morgan fingerprint density at radius 1 is 0.968 bits per heavy atom. The predicted molar refractivity (Wildman–Crippen MR) is 119 cm³/mol. The van der Waals surface area contributed by atoms with Crippen LogP contribution in [-0.4, -0.2) is 34.8 Å². The lowest BCUT2D eigenvalue weighted by molar-refractivity contribution is -0.135. The molecular weight excluding hydrogens is 390 g/mol. The van der Waals surface area contributed by atoms with Crippen molar-refractivity contribution in [2.24, 2.45) is 0 Å². The molecule has 0 bridgehead atoms. The highest BCUT2D eigenvalue weighted by molar-refractivity contribution is 6.09. The molecule has 162 valence electrons. The number of hydrogen-bond acceptors (Lipinski definition) is 3. The second-order valence-electron chi connectivity index (χ2n) is 8.60. The van der Waals surface area contributed by atoms with E-state index in [2.05, 4.69) is 22.8 Å². The Labute approximate surface area is 183 Å². The Balaban J connectivity index is 1.37.